The number of aryl methyl sites for hydroxylation is 1. The summed E-state index contributed by atoms with van der Waals surface area (Å²) >= 11 is 1.21. The summed E-state index contributed by atoms with van der Waals surface area (Å²) in [6.07, 6.45) is -4.56. The maximum Gasteiger partial charge on any atom is 0.416 e. The van der Waals surface area contributed by atoms with Crippen LogP contribution in [0.5, 0.6) is 0 Å². The van der Waals surface area contributed by atoms with Gasteiger partial charge in [0.25, 0.3) is 0 Å². The van der Waals surface area contributed by atoms with Gasteiger partial charge in [-0.2, -0.15) is 18.4 Å². The topological polar surface area (TPSA) is 64.3 Å². The summed E-state index contributed by atoms with van der Waals surface area (Å²) in [4.78, 5) is 14.3. The molecule has 2 unspecified atom stereocenters. The average molecular weight is 430 g/mol. The highest BCUT2D eigenvalue weighted by Crippen LogP contribution is 2.51. The van der Waals surface area contributed by atoms with Gasteiger partial charge in [-0.15, -0.1) is 11.8 Å². The molecule has 4 rings (SSSR count). The molecule has 4 nitrogen and oxygen atoms in total. The fourth-order valence-corrected chi connectivity index (χ4v) is 5.21. The van der Waals surface area contributed by atoms with E-state index in [0.29, 0.717) is 16.2 Å². The fourth-order valence-electron chi connectivity index (χ4n) is 3.85. The maximum absolute atomic E-state index is 13.0. The Morgan fingerprint density at radius 1 is 1.17 bits per heavy atom. The summed E-state index contributed by atoms with van der Waals surface area (Å²) in [7, 11) is 0. The Labute approximate surface area is 175 Å². The van der Waals surface area contributed by atoms with Gasteiger partial charge in [-0.1, -0.05) is 42.0 Å². The lowest BCUT2D eigenvalue weighted by Crippen LogP contribution is -2.48. The smallest absolute Gasteiger partial charge is 0.366 e. The number of amides is 1. The third-order valence-electron chi connectivity index (χ3n) is 5.46. The molecule has 0 spiro atoms. The summed E-state index contributed by atoms with van der Waals surface area (Å²) in [6.45, 7) is 1.91. The Hall–Kier alpha value is -2.76. The van der Waals surface area contributed by atoms with Crippen molar-refractivity contribution in [2.24, 2.45) is 0 Å². The molecule has 1 fully saturated rings. The fraction of sp³-hybridized carbons (Fsp3) is 0.273. The van der Waals surface area contributed by atoms with E-state index in [9.17, 15) is 28.3 Å². The molecule has 2 aromatic carbocycles. The van der Waals surface area contributed by atoms with Crippen LogP contribution in [0.1, 0.15) is 34.6 Å². The van der Waals surface area contributed by atoms with Gasteiger partial charge in [0.15, 0.2) is 5.72 Å². The largest absolute Gasteiger partial charge is 0.416 e. The molecular weight excluding hydrogens is 413 g/mol. The van der Waals surface area contributed by atoms with Crippen molar-refractivity contribution in [2.45, 2.75) is 31.2 Å². The highest BCUT2D eigenvalue weighted by atomic mass is 32.2. The molecule has 30 heavy (non-hydrogen) atoms. The van der Waals surface area contributed by atoms with Crippen LogP contribution in [-0.2, 0) is 16.7 Å². The van der Waals surface area contributed by atoms with Crippen LogP contribution in [-0.4, -0.2) is 21.7 Å². The molecule has 2 aromatic rings. The Morgan fingerprint density at radius 3 is 2.37 bits per heavy atom. The molecule has 8 heteroatoms. The molecule has 1 saturated heterocycles. The first-order chi connectivity index (χ1) is 14.1. The van der Waals surface area contributed by atoms with E-state index in [1.165, 1.54) is 28.8 Å². The molecule has 154 valence electrons. The number of alkyl halides is 3. The van der Waals surface area contributed by atoms with Crippen LogP contribution in [0.2, 0.25) is 0 Å². The molecule has 2 heterocycles. The molecule has 0 aliphatic carbocycles. The summed E-state index contributed by atoms with van der Waals surface area (Å²) in [5.74, 6) is -0.854. The molecule has 2 aliphatic heterocycles. The molecule has 1 amide bonds. The highest BCUT2D eigenvalue weighted by molar-refractivity contribution is 8.03. The van der Waals surface area contributed by atoms with E-state index in [0.717, 1.165) is 17.7 Å². The van der Waals surface area contributed by atoms with Crippen molar-refractivity contribution in [3.05, 3.63) is 81.4 Å². The van der Waals surface area contributed by atoms with Crippen molar-refractivity contribution in [2.75, 3.05) is 5.75 Å². The molecule has 0 radical (unpaired) electrons. The minimum atomic E-state index is -4.46. The van der Waals surface area contributed by atoms with Gasteiger partial charge < -0.3 is 5.11 Å². The van der Waals surface area contributed by atoms with Crippen molar-refractivity contribution in [3.63, 3.8) is 0 Å². The van der Waals surface area contributed by atoms with Crippen molar-refractivity contribution >= 4 is 17.7 Å². The number of rotatable bonds is 2. The predicted octanol–water partition coefficient (Wildman–Crippen LogP) is 4.66. The Morgan fingerprint density at radius 2 is 1.80 bits per heavy atom. The van der Waals surface area contributed by atoms with Gasteiger partial charge in [-0.25, -0.2) is 0 Å². The molecule has 0 aromatic heterocycles. The van der Waals surface area contributed by atoms with Crippen LogP contribution in [0, 0.1) is 18.3 Å². The number of allylic oxidation sites excluding steroid dienone is 1. The highest BCUT2D eigenvalue weighted by Gasteiger charge is 2.51. The molecule has 2 atom stereocenters. The summed E-state index contributed by atoms with van der Waals surface area (Å²) in [5.41, 5.74) is -0.0557. The van der Waals surface area contributed by atoms with Gasteiger partial charge >= 0.3 is 6.18 Å². The number of carbonyl (C=O) groups excluding carboxylic acids is 1. The zero-order valence-electron chi connectivity index (χ0n) is 15.9. The maximum atomic E-state index is 13.0. The van der Waals surface area contributed by atoms with Gasteiger partial charge in [0.2, 0.25) is 5.91 Å². The zero-order chi connectivity index (χ0) is 21.7. The van der Waals surface area contributed by atoms with Crippen molar-refractivity contribution in [3.8, 4) is 6.07 Å². The average Bonchev–Trinajstić information content (AvgIpc) is 3.07. The SMILES string of the molecule is Cc1ccc(C2(O)CSC3=C(C#N)C(c4ccc(C(F)(F)F)cc4)CC(=O)N32)cc1. The van der Waals surface area contributed by atoms with E-state index < -0.39 is 23.4 Å². The van der Waals surface area contributed by atoms with Crippen molar-refractivity contribution in [1.29, 1.82) is 5.26 Å². The zero-order valence-corrected chi connectivity index (χ0v) is 16.7. The molecule has 0 saturated carbocycles. The normalized spacial score (nSPS) is 24.1. The second kappa shape index (κ2) is 7.18. The number of aliphatic hydroxyl groups is 1. The molecule has 2 aliphatic rings. The van der Waals surface area contributed by atoms with Crippen molar-refractivity contribution in [1.82, 2.24) is 4.90 Å². The van der Waals surface area contributed by atoms with E-state index in [4.69, 9.17) is 0 Å². The Balaban J connectivity index is 1.74. The minimum absolute atomic E-state index is 0.105. The first-order valence-corrected chi connectivity index (χ1v) is 10.2. The van der Waals surface area contributed by atoms with E-state index >= 15 is 0 Å². The first-order valence-electron chi connectivity index (χ1n) is 9.22. The summed E-state index contributed by atoms with van der Waals surface area (Å²) in [6, 6.07) is 13.8. The van der Waals surface area contributed by atoms with Crippen LogP contribution in [0.4, 0.5) is 13.2 Å². The number of hydrogen-bond acceptors (Lipinski definition) is 4. The number of nitriles is 1. The molecule has 0 bridgehead atoms. The summed E-state index contributed by atoms with van der Waals surface area (Å²) in [5, 5.41) is 21.5. The van der Waals surface area contributed by atoms with Gasteiger partial charge in [-0.3, -0.25) is 9.69 Å². The number of fused-ring (bicyclic) bond motifs is 1. The van der Waals surface area contributed by atoms with Crippen LogP contribution in [0.15, 0.2) is 59.1 Å². The minimum Gasteiger partial charge on any atom is -0.366 e. The van der Waals surface area contributed by atoms with Gasteiger partial charge in [0.05, 0.1) is 28.0 Å². The Bertz CT molecular complexity index is 1070. The number of carbonyl (C=O) groups is 1. The lowest BCUT2D eigenvalue weighted by molar-refractivity contribution is -0.149. The number of halogens is 3. The van der Waals surface area contributed by atoms with Crippen LogP contribution in [0.3, 0.4) is 0 Å². The molecular formula is C22H17F3N2O2S. The second-order valence-electron chi connectivity index (χ2n) is 7.41. The number of hydrogen-bond donors (Lipinski definition) is 1. The Kier molecular flexibility index (Phi) is 4.91. The van der Waals surface area contributed by atoms with E-state index in [1.54, 1.807) is 12.1 Å². The number of nitrogens with zero attached hydrogens (tertiary/aromatic N) is 2. The quantitative estimate of drug-likeness (QED) is 0.753. The molecule has 1 N–H and O–H groups in total. The van der Waals surface area contributed by atoms with Gasteiger partial charge in [0.1, 0.15) is 0 Å². The lowest BCUT2D eigenvalue weighted by Gasteiger charge is -2.38. The third-order valence-corrected chi connectivity index (χ3v) is 6.69. The van der Waals surface area contributed by atoms with E-state index in [2.05, 4.69) is 6.07 Å². The number of benzene rings is 2. The van der Waals surface area contributed by atoms with Crippen LogP contribution in [0.25, 0.3) is 0 Å². The van der Waals surface area contributed by atoms with Crippen LogP contribution >= 0.6 is 11.8 Å². The third kappa shape index (κ3) is 3.28. The number of thioether (sulfide) groups is 1. The van der Waals surface area contributed by atoms with Crippen molar-refractivity contribution < 1.29 is 23.1 Å². The van der Waals surface area contributed by atoms with Crippen LogP contribution < -0.4 is 0 Å². The summed E-state index contributed by atoms with van der Waals surface area (Å²) < 4.78 is 38.6. The monoisotopic (exact) mass is 430 g/mol. The lowest BCUT2D eigenvalue weighted by atomic mass is 9.85. The van der Waals surface area contributed by atoms with Gasteiger partial charge in [-0.05, 0) is 24.6 Å². The first kappa shape index (κ1) is 20.5. The predicted molar refractivity (Wildman–Crippen MR) is 106 cm³/mol. The van der Waals surface area contributed by atoms with E-state index in [1.807, 2.05) is 19.1 Å². The van der Waals surface area contributed by atoms with E-state index in [-0.39, 0.29) is 23.7 Å². The standard InChI is InChI=1S/C22H17F3N2O2S/c1-13-2-6-15(7-3-13)21(29)12-30-20-18(11-26)17(10-19(28)27(20)21)14-4-8-16(9-5-14)22(23,24)25/h2-9,17,29H,10,12H2,1H3. The van der Waals surface area contributed by atoms with Gasteiger partial charge in [0, 0.05) is 17.9 Å². The second-order valence-corrected chi connectivity index (χ2v) is 8.37.